The van der Waals surface area contributed by atoms with Gasteiger partial charge < -0.3 is 4.90 Å². The molecule has 106 valence electrons. The molecular formula is C13H11F3N2OS. The number of carbonyl (C=O) groups is 1. The summed E-state index contributed by atoms with van der Waals surface area (Å²) in [5, 5.41) is -1.01. The predicted molar refractivity (Wildman–Crippen MR) is 71.3 cm³/mol. The summed E-state index contributed by atoms with van der Waals surface area (Å²) in [5.74, 6) is -0.457. The number of hydrogen-bond acceptors (Lipinski definition) is 4. The van der Waals surface area contributed by atoms with E-state index in [1.807, 2.05) is 25.1 Å². The van der Waals surface area contributed by atoms with E-state index in [1.54, 1.807) is 18.2 Å². The molecule has 2 aromatic rings. The van der Waals surface area contributed by atoms with E-state index in [0.29, 0.717) is 16.9 Å². The summed E-state index contributed by atoms with van der Waals surface area (Å²) in [6.07, 6.45) is -3.55. The summed E-state index contributed by atoms with van der Waals surface area (Å²) in [6.45, 7) is 0. The highest BCUT2D eigenvalue weighted by Crippen LogP contribution is 2.33. The molecule has 2 rings (SSSR count). The number of rotatable bonds is 3. The number of ketones is 1. The SMILES string of the molecule is CN(C)c1cccc(C(=O)c2cnc(C(F)(F)F)s2)c1. The third kappa shape index (κ3) is 2.98. The largest absolute Gasteiger partial charge is 0.443 e. The summed E-state index contributed by atoms with van der Waals surface area (Å²) in [7, 11) is 3.64. The number of halogens is 3. The van der Waals surface area contributed by atoms with Crippen molar-refractivity contribution in [2.24, 2.45) is 0 Å². The Hall–Kier alpha value is -1.89. The van der Waals surface area contributed by atoms with E-state index in [0.717, 1.165) is 11.9 Å². The molecule has 0 aliphatic rings. The number of alkyl halides is 3. The number of thiazole rings is 1. The van der Waals surface area contributed by atoms with Crippen LogP contribution in [0.4, 0.5) is 18.9 Å². The molecule has 1 heterocycles. The van der Waals surface area contributed by atoms with Gasteiger partial charge in [-0.3, -0.25) is 4.79 Å². The molecule has 0 N–H and O–H groups in total. The number of nitrogens with zero attached hydrogens (tertiary/aromatic N) is 2. The van der Waals surface area contributed by atoms with Crippen LogP contribution in [0.5, 0.6) is 0 Å². The lowest BCUT2D eigenvalue weighted by atomic mass is 10.1. The third-order valence-corrected chi connectivity index (χ3v) is 3.64. The average molecular weight is 300 g/mol. The number of hydrogen-bond donors (Lipinski definition) is 0. The van der Waals surface area contributed by atoms with Crippen LogP contribution < -0.4 is 4.90 Å². The maximum absolute atomic E-state index is 12.5. The number of carbonyl (C=O) groups excluding carboxylic acids is 1. The van der Waals surface area contributed by atoms with Crippen LogP contribution in [0.25, 0.3) is 0 Å². The van der Waals surface area contributed by atoms with Crippen molar-refractivity contribution in [2.75, 3.05) is 19.0 Å². The van der Waals surface area contributed by atoms with Gasteiger partial charge in [-0.25, -0.2) is 4.98 Å². The first-order valence-corrected chi connectivity index (χ1v) is 6.46. The van der Waals surface area contributed by atoms with Gasteiger partial charge in [0.25, 0.3) is 0 Å². The maximum Gasteiger partial charge on any atom is 0.443 e. The Bertz CT molecular complexity index is 635. The summed E-state index contributed by atoms with van der Waals surface area (Å²) >= 11 is 0.358. The van der Waals surface area contributed by atoms with Crippen LogP contribution in [0, 0.1) is 0 Å². The Morgan fingerprint density at radius 3 is 2.55 bits per heavy atom. The fraction of sp³-hybridized carbons (Fsp3) is 0.231. The topological polar surface area (TPSA) is 33.2 Å². The minimum Gasteiger partial charge on any atom is -0.378 e. The molecule has 20 heavy (non-hydrogen) atoms. The second-order valence-corrected chi connectivity index (χ2v) is 5.33. The minimum absolute atomic E-state index is 0.0202. The molecular weight excluding hydrogens is 289 g/mol. The molecule has 1 aromatic heterocycles. The molecule has 0 saturated heterocycles. The standard InChI is InChI=1S/C13H11F3N2OS/c1-18(2)9-5-3-4-8(6-9)11(19)10-7-17-12(20-10)13(14,15)16/h3-7H,1-2H3. The molecule has 0 radical (unpaired) electrons. The number of benzene rings is 1. The van der Waals surface area contributed by atoms with Crippen molar-refractivity contribution in [3.05, 3.63) is 45.9 Å². The monoisotopic (exact) mass is 300 g/mol. The molecule has 0 atom stereocenters. The first kappa shape index (κ1) is 14.5. The van der Waals surface area contributed by atoms with Crippen LogP contribution in [-0.2, 0) is 6.18 Å². The molecule has 3 nitrogen and oxygen atoms in total. The fourth-order valence-electron chi connectivity index (χ4n) is 1.58. The van der Waals surface area contributed by atoms with Crippen LogP contribution >= 0.6 is 11.3 Å². The zero-order valence-electron chi connectivity index (χ0n) is 10.7. The Labute approximate surface area is 117 Å². The lowest BCUT2D eigenvalue weighted by molar-refractivity contribution is -0.137. The van der Waals surface area contributed by atoms with E-state index < -0.39 is 17.0 Å². The summed E-state index contributed by atoms with van der Waals surface area (Å²) in [5.41, 5.74) is 1.14. The molecule has 1 aromatic carbocycles. The van der Waals surface area contributed by atoms with Crippen molar-refractivity contribution in [1.29, 1.82) is 0 Å². The first-order chi connectivity index (χ1) is 9.29. The summed E-state index contributed by atoms with van der Waals surface area (Å²) in [4.78, 5) is 17.2. The van der Waals surface area contributed by atoms with E-state index >= 15 is 0 Å². The Morgan fingerprint density at radius 1 is 1.30 bits per heavy atom. The van der Waals surface area contributed by atoms with Crippen molar-refractivity contribution in [3.63, 3.8) is 0 Å². The second-order valence-electron chi connectivity index (χ2n) is 4.30. The summed E-state index contributed by atoms with van der Waals surface area (Å²) < 4.78 is 37.4. The van der Waals surface area contributed by atoms with Crippen LogP contribution in [-0.4, -0.2) is 24.9 Å². The molecule has 0 aliphatic carbocycles. The first-order valence-electron chi connectivity index (χ1n) is 5.64. The van der Waals surface area contributed by atoms with E-state index in [1.165, 1.54) is 0 Å². The predicted octanol–water partition coefficient (Wildman–Crippen LogP) is 3.46. The van der Waals surface area contributed by atoms with Crippen LogP contribution in [0.2, 0.25) is 0 Å². The van der Waals surface area contributed by atoms with Gasteiger partial charge in [0.1, 0.15) is 0 Å². The average Bonchev–Trinajstić information content (AvgIpc) is 2.87. The molecule has 0 unspecified atom stereocenters. The van der Waals surface area contributed by atoms with Crippen molar-refractivity contribution < 1.29 is 18.0 Å². The Balaban J connectivity index is 2.32. The molecule has 0 spiro atoms. The van der Waals surface area contributed by atoms with Gasteiger partial charge in [-0.05, 0) is 12.1 Å². The molecule has 0 amide bonds. The second kappa shape index (κ2) is 5.24. The van der Waals surface area contributed by atoms with E-state index in [-0.39, 0.29) is 4.88 Å². The highest BCUT2D eigenvalue weighted by Gasteiger charge is 2.35. The van der Waals surface area contributed by atoms with Gasteiger partial charge >= 0.3 is 6.18 Å². The lowest BCUT2D eigenvalue weighted by Gasteiger charge is -2.12. The summed E-state index contributed by atoms with van der Waals surface area (Å²) in [6, 6.07) is 6.70. The quantitative estimate of drug-likeness (QED) is 0.814. The van der Waals surface area contributed by atoms with E-state index in [9.17, 15) is 18.0 Å². The van der Waals surface area contributed by atoms with Gasteiger partial charge in [0.2, 0.25) is 5.78 Å². The molecule has 0 bridgehead atoms. The van der Waals surface area contributed by atoms with Gasteiger partial charge in [0.15, 0.2) is 5.01 Å². The van der Waals surface area contributed by atoms with Crippen LogP contribution in [0.1, 0.15) is 20.2 Å². The van der Waals surface area contributed by atoms with E-state index in [4.69, 9.17) is 0 Å². The fourth-order valence-corrected chi connectivity index (χ4v) is 2.32. The Morgan fingerprint density at radius 2 is 2.00 bits per heavy atom. The number of aromatic nitrogens is 1. The van der Waals surface area contributed by atoms with Crippen molar-refractivity contribution in [1.82, 2.24) is 4.98 Å². The van der Waals surface area contributed by atoms with E-state index in [2.05, 4.69) is 4.98 Å². The molecule has 0 aliphatic heterocycles. The van der Waals surface area contributed by atoms with Crippen LogP contribution in [0.3, 0.4) is 0 Å². The zero-order valence-corrected chi connectivity index (χ0v) is 11.5. The molecule has 0 fully saturated rings. The zero-order chi connectivity index (χ0) is 14.9. The van der Waals surface area contributed by atoms with Crippen molar-refractivity contribution >= 4 is 22.8 Å². The van der Waals surface area contributed by atoms with Gasteiger partial charge in [-0.1, -0.05) is 12.1 Å². The van der Waals surface area contributed by atoms with Gasteiger partial charge in [-0.15, -0.1) is 11.3 Å². The normalized spacial score (nSPS) is 11.4. The van der Waals surface area contributed by atoms with Crippen molar-refractivity contribution in [3.8, 4) is 0 Å². The molecule has 7 heteroatoms. The Kier molecular flexibility index (Phi) is 3.80. The highest BCUT2D eigenvalue weighted by molar-refractivity contribution is 7.13. The lowest BCUT2D eigenvalue weighted by Crippen LogP contribution is -2.09. The molecule has 0 saturated carbocycles. The van der Waals surface area contributed by atoms with Crippen molar-refractivity contribution in [2.45, 2.75) is 6.18 Å². The highest BCUT2D eigenvalue weighted by atomic mass is 32.1. The minimum atomic E-state index is -4.52. The van der Waals surface area contributed by atoms with Gasteiger partial charge in [0.05, 0.1) is 4.88 Å². The smallest absolute Gasteiger partial charge is 0.378 e. The van der Waals surface area contributed by atoms with Gasteiger partial charge in [0, 0.05) is 31.5 Å². The van der Waals surface area contributed by atoms with Gasteiger partial charge in [-0.2, -0.15) is 13.2 Å². The number of anilines is 1. The van der Waals surface area contributed by atoms with Crippen LogP contribution in [0.15, 0.2) is 30.5 Å². The maximum atomic E-state index is 12.5. The third-order valence-electron chi connectivity index (χ3n) is 2.60.